The molecule has 1 fully saturated rings. The first-order chi connectivity index (χ1) is 8.79. The molecule has 0 radical (unpaired) electrons. The van der Waals surface area contributed by atoms with Gasteiger partial charge in [0.25, 0.3) is 0 Å². The van der Waals surface area contributed by atoms with E-state index in [0.29, 0.717) is 12.0 Å². The van der Waals surface area contributed by atoms with Gasteiger partial charge in [-0.25, -0.2) is 0 Å². The van der Waals surface area contributed by atoms with E-state index in [-0.39, 0.29) is 0 Å². The van der Waals surface area contributed by atoms with Crippen molar-refractivity contribution in [3.8, 4) is 0 Å². The summed E-state index contributed by atoms with van der Waals surface area (Å²) in [7, 11) is 2.06. The predicted molar refractivity (Wildman–Crippen MR) is 81.3 cm³/mol. The van der Waals surface area contributed by atoms with Crippen molar-refractivity contribution in [3.05, 3.63) is 28.7 Å². The molecule has 1 N–H and O–H groups in total. The lowest BCUT2D eigenvalue weighted by Crippen LogP contribution is -2.40. The van der Waals surface area contributed by atoms with Crippen LogP contribution in [0, 0.1) is 5.92 Å². The molecule has 1 aromatic rings. The number of benzene rings is 1. The molecule has 18 heavy (non-hydrogen) atoms. The molecule has 100 valence electrons. The second kappa shape index (κ2) is 7.53. The van der Waals surface area contributed by atoms with Gasteiger partial charge in [0.15, 0.2) is 0 Å². The Morgan fingerprint density at radius 1 is 1.56 bits per heavy atom. The average Bonchev–Trinajstić information content (AvgIpc) is 2.41. The summed E-state index contributed by atoms with van der Waals surface area (Å²) in [6, 6.07) is 9.03. The predicted octanol–water partition coefficient (Wildman–Crippen LogP) is 3.56. The number of halogens is 1. The van der Waals surface area contributed by atoms with Crippen LogP contribution in [0.25, 0.3) is 0 Å². The molecule has 1 aliphatic rings. The van der Waals surface area contributed by atoms with Gasteiger partial charge in [-0.05, 0) is 44.0 Å². The van der Waals surface area contributed by atoms with E-state index < -0.39 is 0 Å². The van der Waals surface area contributed by atoms with E-state index in [1.807, 2.05) is 11.8 Å². The zero-order valence-corrected chi connectivity index (χ0v) is 13.1. The highest BCUT2D eigenvalue weighted by Crippen LogP contribution is 2.26. The van der Waals surface area contributed by atoms with Crippen molar-refractivity contribution in [2.75, 3.05) is 26.0 Å². The fourth-order valence-electron chi connectivity index (χ4n) is 2.28. The number of nitrogens with one attached hydrogen (secondary N) is 1. The number of thioether (sulfide) groups is 1. The topological polar surface area (TPSA) is 21.3 Å². The standard InChI is InChI=1S/C14H20BrNOS/c1-16-14(11-4-3-7-17-9-11)10-18-13-6-2-5-12(15)8-13/h2,5-6,8,11,14,16H,3-4,7,9-10H2,1H3. The van der Waals surface area contributed by atoms with Crippen LogP contribution < -0.4 is 5.32 Å². The molecule has 4 heteroatoms. The van der Waals surface area contributed by atoms with Gasteiger partial charge in [-0.15, -0.1) is 11.8 Å². The van der Waals surface area contributed by atoms with E-state index in [1.54, 1.807) is 0 Å². The van der Waals surface area contributed by atoms with Crippen LogP contribution in [0.15, 0.2) is 33.6 Å². The van der Waals surface area contributed by atoms with E-state index in [0.717, 1.165) is 23.4 Å². The molecule has 1 aliphatic heterocycles. The minimum atomic E-state index is 0.536. The molecular formula is C14H20BrNOS. The molecule has 0 bridgehead atoms. The van der Waals surface area contributed by atoms with Gasteiger partial charge in [0.2, 0.25) is 0 Å². The molecule has 1 saturated heterocycles. The molecule has 0 aliphatic carbocycles. The van der Waals surface area contributed by atoms with Crippen molar-refractivity contribution in [1.29, 1.82) is 0 Å². The molecule has 0 spiro atoms. The van der Waals surface area contributed by atoms with Crippen LogP contribution >= 0.6 is 27.7 Å². The molecular weight excluding hydrogens is 310 g/mol. The third-order valence-electron chi connectivity index (χ3n) is 3.36. The van der Waals surface area contributed by atoms with Crippen molar-refractivity contribution in [3.63, 3.8) is 0 Å². The summed E-state index contributed by atoms with van der Waals surface area (Å²) in [4.78, 5) is 1.32. The van der Waals surface area contributed by atoms with Gasteiger partial charge in [-0.1, -0.05) is 22.0 Å². The Bertz CT molecular complexity index is 369. The summed E-state index contributed by atoms with van der Waals surface area (Å²) in [5, 5.41) is 3.44. The monoisotopic (exact) mass is 329 g/mol. The maximum absolute atomic E-state index is 5.58. The third-order valence-corrected chi connectivity index (χ3v) is 4.97. The van der Waals surface area contributed by atoms with Crippen LogP contribution in [0.1, 0.15) is 12.8 Å². The highest BCUT2D eigenvalue weighted by atomic mass is 79.9. The third kappa shape index (κ3) is 4.26. The van der Waals surface area contributed by atoms with Crippen molar-refractivity contribution < 1.29 is 4.74 Å². The van der Waals surface area contributed by atoms with Gasteiger partial charge in [0.1, 0.15) is 0 Å². The van der Waals surface area contributed by atoms with Gasteiger partial charge in [-0.2, -0.15) is 0 Å². The number of hydrogen-bond acceptors (Lipinski definition) is 3. The van der Waals surface area contributed by atoms with Crippen LogP contribution in [0.3, 0.4) is 0 Å². The lowest BCUT2D eigenvalue weighted by atomic mass is 9.95. The molecule has 1 aromatic carbocycles. The molecule has 2 unspecified atom stereocenters. The Labute approximate surface area is 122 Å². The highest BCUT2D eigenvalue weighted by molar-refractivity contribution is 9.10. The quantitative estimate of drug-likeness (QED) is 0.834. The number of hydrogen-bond donors (Lipinski definition) is 1. The van der Waals surface area contributed by atoms with E-state index in [9.17, 15) is 0 Å². The summed E-state index contributed by atoms with van der Waals surface area (Å²) < 4.78 is 6.73. The zero-order chi connectivity index (χ0) is 12.8. The first-order valence-corrected chi connectivity index (χ1v) is 8.21. The van der Waals surface area contributed by atoms with Gasteiger partial charge in [-0.3, -0.25) is 0 Å². The highest BCUT2D eigenvalue weighted by Gasteiger charge is 2.22. The Balaban J connectivity index is 1.86. The SMILES string of the molecule is CNC(CSc1cccc(Br)c1)C1CCCOC1. The smallest absolute Gasteiger partial charge is 0.0509 e. The Morgan fingerprint density at radius 3 is 3.11 bits per heavy atom. The first kappa shape index (κ1) is 14.4. The minimum Gasteiger partial charge on any atom is -0.381 e. The van der Waals surface area contributed by atoms with Crippen LogP contribution in [-0.4, -0.2) is 32.1 Å². The van der Waals surface area contributed by atoms with E-state index in [4.69, 9.17) is 4.74 Å². The lowest BCUT2D eigenvalue weighted by Gasteiger charge is -2.29. The van der Waals surface area contributed by atoms with E-state index in [1.165, 1.54) is 17.7 Å². The maximum Gasteiger partial charge on any atom is 0.0509 e. The summed E-state index contributed by atoms with van der Waals surface area (Å²) >= 11 is 5.43. The van der Waals surface area contributed by atoms with Gasteiger partial charge < -0.3 is 10.1 Å². The van der Waals surface area contributed by atoms with Crippen LogP contribution in [0.4, 0.5) is 0 Å². The fraction of sp³-hybridized carbons (Fsp3) is 0.571. The van der Waals surface area contributed by atoms with Gasteiger partial charge >= 0.3 is 0 Å². The summed E-state index contributed by atoms with van der Waals surface area (Å²) in [5.41, 5.74) is 0. The molecule has 2 atom stereocenters. The second-order valence-corrected chi connectivity index (χ2v) is 6.65. The van der Waals surface area contributed by atoms with Crippen LogP contribution in [0.5, 0.6) is 0 Å². The molecule has 0 amide bonds. The van der Waals surface area contributed by atoms with Crippen molar-refractivity contribution in [2.24, 2.45) is 5.92 Å². The summed E-state index contributed by atoms with van der Waals surface area (Å²) in [5.74, 6) is 1.75. The van der Waals surface area contributed by atoms with Crippen LogP contribution in [-0.2, 0) is 4.74 Å². The Hall–Kier alpha value is -0.0300. The Morgan fingerprint density at radius 2 is 2.44 bits per heavy atom. The fourth-order valence-corrected chi connectivity index (χ4v) is 4.03. The molecule has 2 rings (SSSR count). The first-order valence-electron chi connectivity index (χ1n) is 6.43. The summed E-state index contributed by atoms with van der Waals surface area (Å²) in [6.07, 6.45) is 2.48. The van der Waals surface area contributed by atoms with E-state index in [2.05, 4.69) is 52.6 Å². The lowest BCUT2D eigenvalue weighted by molar-refractivity contribution is 0.0437. The van der Waals surface area contributed by atoms with Crippen molar-refractivity contribution in [2.45, 2.75) is 23.8 Å². The molecule has 0 aromatic heterocycles. The average molecular weight is 330 g/mol. The number of ether oxygens (including phenoxy) is 1. The normalized spacial score (nSPS) is 21.8. The van der Waals surface area contributed by atoms with Crippen molar-refractivity contribution >= 4 is 27.7 Å². The molecule has 0 saturated carbocycles. The maximum atomic E-state index is 5.58. The Kier molecular flexibility index (Phi) is 6.02. The second-order valence-electron chi connectivity index (χ2n) is 4.64. The number of rotatable bonds is 5. The van der Waals surface area contributed by atoms with Crippen LogP contribution in [0.2, 0.25) is 0 Å². The zero-order valence-electron chi connectivity index (χ0n) is 10.7. The van der Waals surface area contributed by atoms with Crippen molar-refractivity contribution in [1.82, 2.24) is 5.32 Å². The molecule has 1 heterocycles. The van der Waals surface area contributed by atoms with E-state index >= 15 is 0 Å². The minimum absolute atomic E-state index is 0.536. The van der Waals surface area contributed by atoms with Gasteiger partial charge in [0, 0.05) is 27.8 Å². The summed E-state index contributed by atoms with van der Waals surface area (Å²) in [6.45, 7) is 1.84. The van der Waals surface area contributed by atoms with Gasteiger partial charge in [0.05, 0.1) is 6.61 Å². The molecule has 2 nitrogen and oxygen atoms in total. The largest absolute Gasteiger partial charge is 0.381 e.